The summed E-state index contributed by atoms with van der Waals surface area (Å²) in [5.74, 6) is 0. The zero-order valence-corrected chi connectivity index (χ0v) is 7.24. The fourth-order valence-corrected chi connectivity index (χ4v) is 1.15. The zero-order valence-electron chi connectivity index (χ0n) is 6.42. The summed E-state index contributed by atoms with van der Waals surface area (Å²) in [6.07, 6.45) is -3.20. The first-order valence-electron chi connectivity index (χ1n) is 3.55. The van der Waals surface area contributed by atoms with Gasteiger partial charge in [0.05, 0.1) is 24.9 Å². The Morgan fingerprint density at radius 1 is 1.17 bits per heavy atom. The number of hydrogen-bond donors (Lipinski definition) is 5. The van der Waals surface area contributed by atoms with Gasteiger partial charge in [0.2, 0.25) is 0 Å². The Morgan fingerprint density at radius 3 is 2.25 bits per heavy atom. The van der Waals surface area contributed by atoms with E-state index in [-0.39, 0.29) is 25.6 Å². The lowest BCUT2D eigenvalue weighted by Crippen LogP contribution is -2.60. The highest BCUT2D eigenvalue weighted by Crippen LogP contribution is 2.09. The van der Waals surface area contributed by atoms with Crippen molar-refractivity contribution in [2.75, 3.05) is 13.2 Å². The number of hydrogen-bond acceptors (Lipinski definition) is 5. The van der Waals surface area contributed by atoms with Crippen LogP contribution >= 0.6 is 12.4 Å². The molecular weight excluding hydrogens is 186 g/mol. The molecular formula is C6H14ClNO4. The first kappa shape index (κ1) is 12.1. The SMILES string of the molecule is Cl.OC[C@@H]1NC[C@@H](O)[C@H](O)[C@@H]1O. The van der Waals surface area contributed by atoms with Crippen molar-refractivity contribution in [1.29, 1.82) is 0 Å². The minimum Gasteiger partial charge on any atom is -0.395 e. The van der Waals surface area contributed by atoms with Crippen molar-refractivity contribution in [1.82, 2.24) is 5.32 Å². The van der Waals surface area contributed by atoms with Crippen molar-refractivity contribution in [2.45, 2.75) is 24.4 Å². The molecule has 0 amide bonds. The van der Waals surface area contributed by atoms with Crippen LogP contribution in [0.3, 0.4) is 0 Å². The Morgan fingerprint density at radius 2 is 1.75 bits per heavy atom. The molecule has 0 aliphatic carbocycles. The molecule has 0 aromatic carbocycles. The summed E-state index contributed by atoms with van der Waals surface area (Å²) in [5.41, 5.74) is 0. The maximum atomic E-state index is 9.18. The highest BCUT2D eigenvalue weighted by Gasteiger charge is 2.35. The van der Waals surface area contributed by atoms with E-state index in [9.17, 15) is 5.11 Å². The van der Waals surface area contributed by atoms with Gasteiger partial charge in [-0.25, -0.2) is 0 Å². The van der Waals surface area contributed by atoms with Crippen molar-refractivity contribution >= 4 is 12.4 Å². The van der Waals surface area contributed by atoms with Crippen LogP contribution in [0.4, 0.5) is 0 Å². The molecule has 0 unspecified atom stereocenters. The Bertz CT molecular complexity index is 135. The van der Waals surface area contributed by atoms with Crippen molar-refractivity contribution < 1.29 is 20.4 Å². The molecule has 0 radical (unpaired) electrons. The Labute approximate surface area is 76.4 Å². The van der Waals surface area contributed by atoms with Crippen LogP contribution < -0.4 is 5.32 Å². The lowest BCUT2D eigenvalue weighted by Gasteiger charge is -2.34. The Kier molecular flexibility index (Phi) is 5.00. The molecule has 74 valence electrons. The van der Waals surface area contributed by atoms with E-state index in [4.69, 9.17) is 15.3 Å². The highest BCUT2D eigenvalue weighted by atomic mass is 35.5. The molecule has 0 bridgehead atoms. The number of piperidine rings is 1. The first-order chi connectivity index (χ1) is 5.16. The summed E-state index contributed by atoms with van der Waals surface area (Å²) in [6, 6.07) is -0.534. The summed E-state index contributed by atoms with van der Waals surface area (Å²) in [6.45, 7) is -0.0472. The Hall–Kier alpha value is 0.0900. The standard InChI is InChI=1S/C6H13NO4.ClH/c8-2-3-5(10)6(11)4(9)1-7-3;/h3-11H,1-2H2;1H/t3-,4+,5+,6-;/m0./s1. The van der Waals surface area contributed by atoms with E-state index in [0.29, 0.717) is 0 Å². The summed E-state index contributed by atoms with van der Waals surface area (Å²) in [4.78, 5) is 0. The van der Waals surface area contributed by atoms with E-state index in [0.717, 1.165) is 0 Å². The highest BCUT2D eigenvalue weighted by molar-refractivity contribution is 5.85. The zero-order chi connectivity index (χ0) is 8.43. The molecule has 1 saturated heterocycles. The topological polar surface area (TPSA) is 93.0 Å². The molecule has 4 atom stereocenters. The van der Waals surface area contributed by atoms with Gasteiger partial charge in [0.1, 0.15) is 6.10 Å². The van der Waals surface area contributed by atoms with E-state index < -0.39 is 24.4 Å². The number of nitrogens with one attached hydrogen (secondary N) is 1. The van der Waals surface area contributed by atoms with Gasteiger partial charge in [-0.3, -0.25) is 0 Å². The van der Waals surface area contributed by atoms with Gasteiger partial charge in [-0.05, 0) is 0 Å². The average Bonchev–Trinajstić information content (AvgIpc) is 2.01. The first-order valence-corrected chi connectivity index (χ1v) is 3.55. The van der Waals surface area contributed by atoms with Gasteiger partial charge in [-0.2, -0.15) is 0 Å². The molecule has 1 aliphatic rings. The number of aliphatic hydroxyl groups is 4. The summed E-state index contributed by atoms with van der Waals surface area (Å²) in [5, 5.41) is 38.6. The van der Waals surface area contributed by atoms with Crippen LogP contribution in [0.2, 0.25) is 0 Å². The lowest BCUT2D eigenvalue weighted by molar-refractivity contribution is -0.101. The van der Waals surface area contributed by atoms with Crippen molar-refractivity contribution in [3.05, 3.63) is 0 Å². The lowest BCUT2D eigenvalue weighted by atomic mass is 9.97. The van der Waals surface area contributed by atoms with Gasteiger partial charge >= 0.3 is 0 Å². The number of halogens is 1. The maximum Gasteiger partial charge on any atom is 0.109 e. The van der Waals surface area contributed by atoms with Gasteiger partial charge in [0, 0.05) is 6.54 Å². The molecule has 0 aromatic rings. The van der Waals surface area contributed by atoms with Crippen LogP contribution in [0.5, 0.6) is 0 Å². The second-order valence-electron chi connectivity index (χ2n) is 2.75. The van der Waals surface area contributed by atoms with Gasteiger partial charge in [-0.15, -0.1) is 12.4 Å². The normalized spacial score (nSPS) is 42.0. The predicted molar refractivity (Wildman–Crippen MR) is 44.1 cm³/mol. The van der Waals surface area contributed by atoms with E-state index in [1.807, 2.05) is 0 Å². The van der Waals surface area contributed by atoms with Crippen LogP contribution in [0, 0.1) is 0 Å². The minimum absolute atomic E-state index is 0. The van der Waals surface area contributed by atoms with Crippen molar-refractivity contribution in [3.8, 4) is 0 Å². The van der Waals surface area contributed by atoms with E-state index in [2.05, 4.69) is 5.32 Å². The van der Waals surface area contributed by atoms with E-state index in [1.165, 1.54) is 0 Å². The molecule has 0 saturated carbocycles. The summed E-state index contributed by atoms with van der Waals surface area (Å²) < 4.78 is 0. The third kappa shape index (κ3) is 2.29. The van der Waals surface area contributed by atoms with Crippen molar-refractivity contribution in [2.24, 2.45) is 0 Å². The van der Waals surface area contributed by atoms with E-state index in [1.54, 1.807) is 0 Å². The summed E-state index contributed by atoms with van der Waals surface area (Å²) in [7, 11) is 0. The monoisotopic (exact) mass is 199 g/mol. The molecule has 6 heteroatoms. The molecule has 1 fully saturated rings. The summed E-state index contributed by atoms with van der Waals surface area (Å²) >= 11 is 0. The predicted octanol–water partition coefficient (Wildman–Crippen LogP) is -2.54. The van der Waals surface area contributed by atoms with Gasteiger partial charge < -0.3 is 25.7 Å². The minimum atomic E-state index is -1.16. The van der Waals surface area contributed by atoms with E-state index >= 15 is 0 Å². The molecule has 0 aromatic heterocycles. The number of β-amino-alcohol motifs (C(OH)–C–C–N with tert-alkyl or cyclic N) is 1. The molecule has 1 rings (SSSR count). The molecule has 1 aliphatic heterocycles. The fraction of sp³-hybridized carbons (Fsp3) is 1.00. The second kappa shape index (κ2) is 4.96. The van der Waals surface area contributed by atoms with Crippen LogP contribution in [-0.4, -0.2) is 57.9 Å². The third-order valence-electron chi connectivity index (χ3n) is 1.94. The second-order valence-corrected chi connectivity index (χ2v) is 2.75. The molecule has 0 spiro atoms. The third-order valence-corrected chi connectivity index (χ3v) is 1.94. The van der Waals surface area contributed by atoms with Crippen LogP contribution in [0.25, 0.3) is 0 Å². The Balaban J connectivity index is 0.00000121. The van der Waals surface area contributed by atoms with Gasteiger partial charge in [-0.1, -0.05) is 0 Å². The molecule has 5 nitrogen and oxygen atoms in total. The average molecular weight is 200 g/mol. The molecule has 1 heterocycles. The number of aliphatic hydroxyl groups excluding tert-OH is 4. The fourth-order valence-electron chi connectivity index (χ4n) is 1.15. The van der Waals surface area contributed by atoms with Crippen LogP contribution in [-0.2, 0) is 0 Å². The smallest absolute Gasteiger partial charge is 0.109 e. The molecule has 12 heavy (non-hydrogen) atoms. The van der Waals surface area contributed by atoms with Crippen LogP contribution in [0.1, 0.15) is 0 Å². The van der Waals surface area contributed by atoms with Crippen LogP contribution in [0.15, 0.2) is 0 Å². The molecule has 5 N–H and O–H groups in total. The quantitative estimate of drug-likeness (QED) is 0.321. The van der Waals surface area contributed by atoms with Crippen molar-refractivity contribution in [3.63, 3.8) is 0 Å². The van der Waals surface area contributed by atoms with Gasteiger partial charge in [0.25, 0.3) is 0 Å². The maximum absolute atomic E-state index is 9.18. The number of rotatable bonds is 1. The largest absolute Gasteiger partial charge is 0.395 e. The van der Waals surface area contributed by atoms with Gasteiger partial charge in [0.15, 0.2) is 0 Å².